The zero-order valence-corrected chi connectivity index (χ0v) is 16.4. The zero-order chi connectivity index (χ0) is 21.4. The van der Waals surface area contributed by atoms with Gasteiger partial charge >= 0.3 is 0 Å². The van der Waals surface area contributed by atoms with Crippen LogP contribution in [0.25, 0.3) is 0 Å². The number of ether oxygens (including phenoxy) is 1. The molecule has 0 saturated heterocycles. The molecule has 1 atom stereocenters. The number of likely N-dealkylation sites (N-methyl/N-ethyl adjacent to an activating group) is 2. The van der Waals surface area contributed by atoms with E-state index in [0.29, 0.717) is 23.5 Å². The van der Waals surface area contributed by atoms with Crippen molar-refractivity contribution < 1.29 is 28.6 Å². The van der Waals surface area contributed by atoms with Crippen LogP contribution in [0.3, 0.4) is 0 Å². The van der Waals surface area contributed by atoms with Crippen molar-refractivity contribution in [2.75, 3.05) is 27.8 Å². The number of amides is 2. The molecule has 0 bridgehead atoms. The SMILES string of the molecule is CNC(=O)C(C(=O)CO)N(C)C(=O)c1ccc(C#Cc2coc(COC)c2)cc1. The van der Waals surface area contributed by atoms with Crippen LogP contribution in [0.4, 0.5) is 0 Å². The molecular formula is C21H22N2O6. The molecule has 0 aliphatic rings. The number of benzene rings is 1. The maximum Gasteiger partial charge on any atom is 0.254 e. The third-order valence-corrected chi connectivity index (χ3v) is 4.09. The fourth-order valence-electron chi connectivity index (χ4n) is 2.59. The van der Waals surface area contributed by atoms with Gasteiger partial charge in [0.2, 0.25) is 5.91 Å². The van der Waals surface area contributed by atoms with E-state index in [1.54, 1.807) is 37.4 Å². The Morgan fingerprint density at radius 1 is 1.21 bits per heavy atom. The number of carbonyl (C=O) groups is 3. The second-order valence-corrected chi connectivity index (χ2v) is 6.12. The van der Waals surface area contributed by atoms with Gasteiger partial charge < -0.3 is 24.5 Å². The number of aliphatic hydroxyl groups is 1. The first-order valence-electron chi connectivity index (χ1n) is 8.72. The molecule has 2 amide bonds. The minimum Gasteiger partial charge on any atom is -0.466 e. The number of hydrogen-bond donors (Lipinski definition) is 2. The van der Waals surface area contributed by atoms with Crippen molar-refractivity contribution in [2.45, 2.75) is 12.6 Å². The second kappa shape index (κ2) is 10.2. The zero-order valence-electron chi connectivity index (χ0n) is 16.4. The van der Waals surface area contributed by atoms with Crippen molar-refractivity contribution in [3.8, 4) is 11.8 Å². The molecule has 1 aromatic carbocycles. The third-order valence-electron chi connectivity index (χ3n) is 4.09. The van der Waals surface area contributed by atoms with Crippen LogP contribution >= 0.6 is 0 Å². The molecule has 2 aromatic rings. The highest BCUT2D eigenvalue weighted by Crippen LogP contribution is 2.11. The maximum atomic E-state index is 12.6. The Morgan fingerprint density at radius 2 is 1.86 bits per heavy atom. The Morgan fingerprint density at radius 3 is 2.45 bits per heavy atom. The van der Waals surface area contributed by atoms with E-state index in [-0.39, 0.29) is 5.56 Å². The van der Waals surface area contributed by atoms with E-state index in [0.717, 1.165) is 4.90 Å². The number of nitrogens with one attached hydrogen (secondary N) is 1. The molecule has 1 aromatic heterocycles. The fourth-order valence-corrected chi connectivity index (χ4v) is 2.59. The van der Waals surface area contributed by atoms with Crippen LogP contribution in [0.5, 0.6) is 0 Å². The molecule has 0 aliphatic carbocycles. The number of Topliss-reactive ketones (excluding diaryl/α,β-unsaturated/α-hetero) is 1. The molecule has 0 spiro atoms. The average Bonchev–Trinajstić information content (AvgIpc) is 3.19. The number of hydrogen-bond acceptors (Lipinski definition) is 6. The molecule has 29 heavy (non-hydrogen) atoms. The third kappa shape index (κ3) is 5.54. The van der Waals surface area contributed by atoms with Gasteiger partial charge in [-0.15, -0.1) is 0 Å². The second-order valence-electron chi connectivity index (χ2n) is 6.12. The van der Waals surface area contributed by atoms with E-state index in [4.69, 9.17) is 14.3 Å². The standard InChI is InChI=1S/C21H22N2O6/c1-22-20(26)19(18(25)11-24)23(2)21(27)16-8-6-14(7-9-16)4-5-15-10-17(13-28-3)29-12-15/h6-10,12,19,24H,11,13H2,1-3H3,(H,22,26). The van der Waals surface area contributed by atoms with Gasteiger partial charge in [-0.1, -0.05) is 11.8 Å². The van der Waals surface area contributed by atoms with Crippen molar-refractivity contribution in [2.24, 2.45) is 0 Å². The summed E-state index contributed by atoms with van der Waals surface area (Å²) < 4.78 is 10.3. The minimum atomic E-state index is -1.40. The molecule has 2 rings (SSSR count). The quantitative estimate of drug-likeness (QED) is 0.522. The Kier molecular flexibility index (Phi) is 7.71. The molecule has 152 valence electrons. The minimum absolute atomic E-state index is 0.281. The molecule has 1 unspecified atom stereocenters. The largest absolute Gasteiger partial charge is 0.466 e. The highest BCUT2D eigenvalue weighted by Gasteiger charge is 2.32. The van der Waals surface area contributed by atoms with E-state index >= 15 is 0 Å². The Hall–Kier alpha value is -3.41. The normalized spacial score (nSPS) is 11.2. The summed E-state index contributed by atoms with van der Waals surface area (Å²) in [6.07, 6.45) is 1.53. The highest BCUT2D eigenvalue weighted by molar-refractivity contribution is 6.10. The summed E-state index contributed by atoms with van der Waals surface area (Å²) in [7, 11) is 4.26. The van der Waals surface area contributed by atoms with Gasteiger partial charge in [-0.2, -0.15) is 0 Å². The van der Waals surface area contributed by atoms with Crippen LogP contribution in [0.1, 0.15) is 27.2 Å². The molecule has 8 nitrogen and oxygen atoms in total. The molecule has 0 aliphatic heterocycles. The fraction of sp³-hybridized carbons (Fsp3) is 0.286. The number of ketones is 1. The summed E-state index contributed by atoms with van der Waals surface area (Å²) in [5.41, 5.74) is 1.66. The Bertz CT molecular complexity index is 920. The number of carbonyl (C=O) groups excluding carboxylic acids is 3. The van der Waals surface area contributed by atoms with E-state index < -0.39 is 30.2 Å². The van der Waals surface area contributed by atoms with Gasteiger partial charge in [-0.3, -0.25) is 14.4 Å². The lowest BCUT2D eigenvalue weighted by atomic mass is 10.1. The van der Waals surface area contributed by atoms with Crippen molar-refractivity contribution in [3.63, 3.8) is 0 Å². The van der Waals surface area contributed by atoms with Gasteiger partial charge in [0.05, 0.1) is 5.56 Å². The topological polar surface area (TPSA) is 109 Å². The van der Waals surface area contributed by atoms with Crippen LogP contribution in [-0.2, 0) is 20.9 Å². The number of furan rings is 1. The summed E-state index contributed by atoms with van der Waals surface area (Å²) in [6.45, 7) is -0.480. The summed E-state index contributed by atoms with van der Waals surface area (Å²) in [4.78, 5) is 37.4. The van der Waals surface area contributed by atoms with Crippen molar-refractivity contribution in [1.29, 1.82) is 0 Å². The molecule has 0 fully saturated rings. The predicted octanol–water partition coefficient (Wildman–Crippen LogP) is 0.574. The van der Waals surface area contributed by atoms with Gasteiger partial charge in [-0.25, -0.2) is 0 Å². The molecule has 0 radical (unpaired) electrons. The Labute approximate surface area is 168 Å². The lowest BCUT2D eigenvalue weighted by Gasteiger charge is -2.25. The van der Waals surface area contributed by atoms with Crippen LogP contribution < -0.4 is 5.32 Å². The van der Waals surface area contributed by atoms with Gasteiger partial charge in [0.1, 0.15) is 25.2 Å². The predicted molar refractivity (Wildman–Crippen MR) is 104 cm³/mol. The average molecular weight is 398 g/mol. The molecule has 8 heteroatoms. The summed E-state index contributed by atoms with van der Waals surface area (Å²) in [6, 6.07) is 6.80. The van der Waals surface area contributed by atoms with E-state index in [1.165, 1.54) is 20.4 Å². The van der Waals surface area contributed by atoms with Crippen LogP contribution in [0.2, 0.25) is 0 Å². The van der Waals surface area contributed by atoms with Gasteiger partial charge in [-0.05, 0) is 30.3 Å². The summed E-state index contributed by atoms with van der Waals surface area (Å²) in [5.74, 6) is 4.62. The lowest BCUT2D eigenvalue weighted by molar-refractivity contribution is -0.135. The van der Waals surface area contributed by atoms with Gasteiger partial charge in [0, 0.05) is 32.3 Å². The smallest absolute Gasteiger partial charge is 0.254 e. The molecule has 2 N–H and O–H groups in total. The Balaban J connectivity index is 2.14. The number of methoxy groups -OCH3 is 1. The number of aliphatic hydroxyl groups excluding tert-OH is 1. The van der Waals surface area contributed by atoms with E-state index in [1.807, 2.05) is 0 Å². The van der Waals surface area contributed by atoms with Crippen LogP contribution in [0, 0.1) is 11.8 Å². The highest BCUT2D eigenvalue weighted by atomic mass is 16.5. The van der Waals surface area contributed by atoms with Crippen molar-refractivity contribution in [1.82, 2.24) is 10.2 Å². The summed E-state index contributed by atoms with van der Waals surface area (Å²) >= 11 is 0. The van der Waals surface area contributed by atoms with Gasteiger partial charge in [0.15, 0.2) is 11.8 Å². The number of rotatable bonds is 7. The lowest BCUT2D eigenvalue weighted by Crippen LogP contribution is -2.52. The van der Waals surface area contributed by atoms with Crippen LogP contribution in [0.15, 0.2) is 41.0 Å². The molecule has 0 saturated carbocycles. The first-order chi connectivity index (χ1) is 13.9. The van der Waals surface area contributed by atoms with Crippen LogP contribution in [-0.4, -0.2) is 61.5 Å². The van der Waals surface area contributed by atoms with E-state index in [2.05, 4.69) is 17.2 Å². The molecular weight excluding hydrogens is 376 g/mol. The monoisotopic (exact) mass is 398 g/mol. The molecule has 1 heterocycles. The summed E-state index contributed by atoms with van der Waals surface area (Å²) in [5, 5.41) is 11.4. The van der Waals surface area contributed by atoms with Crippen molar-refractivity contribution in [3.05, 3.63) is 59.0 Å². The number of nitrogens with zero attached hydrogens (tertiary/aromatic N) is 1. The first kappa shape index (κ1) is 21.9. The van der Waals surface area contributed by atoms with Gasteiger partial charge in [0.25, 0.3) is 5.91 Å². The van der Waals surface area contributed by atoms with Crippen molar-refractivity contribution >= 4 is 17.6 Å². The van der Waals surface area contributed by atoms with E-state index in [9.17, 15) is 14.4 Å². The maximum absolute atomic E-state index is 12.6. The first-order valence-corrected chi connectivity index (χ1v) is 8.72.